The number of pyridine rings is 1. The van der Waals surface area contributed by atoms with Crippen molar-refractivity contribution in [2.75, 3.05) is 5.32 Å². The summed E-state index contributed by atoms with van der Waals surface area (Å²) in [6.45, 7) is 1.52. The fraction of sp³-hybridized carbons (Fsp3) is 0.344. The zero-order chi connectivity index (χ0) is 29.7. The van der Waals surface area contributed by atoms with Crippen molar-refractivity contribution in [3.63, 3.8) is 0 Å². The zero-order valence-electron chi connectivity index (χ0n) is 24.0. The molecule has 43 heavy (non-hydrogen) atoms. The number of amidine groups is 1. The Labute approximate surface area is 248 Å². The maximum absolute atomic E-state index is 13.1. The number of aliphatic imine (C=N–C) groups is 1. The molecule has 7 rings (SSSR count). The Morgan fingerprint density at radius 3 is 2.37 bits per heavy atom. The maximum atomic E-state index is 13.1. The van der Waals surface area contributed by atoms with Crippen LogP contribution in [0.15, 0.2) is 59.9 Å². The monoisotopic (exact) mass is 576 g/mol. The minimum atomic E-state index is -0.262. The number of benzene rings is 1. The summed E-state index contributed by atoms with van der Waals surface area (Å²) in [4.78, 5) is 41.4. The van der Waals surface area contributed by atoms with Crippen molar-refractivity contribution in [3.05, 3.63) is 66.1 Å². The molecule has 218 valence electrons. The third-order valence-corrected chi connectivity index (χ3v) is 8.92. The minimum Gasteiger partial charge on any atom is -0.358 e. The van der Waals surface area contributed by atoms with E-state index in [1.165, 1.54) is 6.92 Å². The van der Waals surface area contributed by atoms with E-state index in [1.54, 1.807) is 10.7 Å². The third-order valence-electron chi connectivity index (χ3n) is 8.92. The smallest absolute Gasteiger partial charge is 0.316 e. The van der Waals surface area contributed by atoms with Crippen molar-refractivity contribution in [1.29, 1.82) is 0 Å². The maximum Gasteiger partial charge on any atom is 0.316 e. The van der Waals surface area contributed by atoms with Gasteiger partial charge >= 0.3 is 11.7 Å². The lowest BCUT2D eigenvalue weighted by molar-refractivity contribution is -0.128. The van der Waals surface area contributed by atoms with Gasteiger partial charge in [0.2, 0.25) is 5.91 Å². The summed E-state index contributed by atoms with van der Waals surface area (Å²) < 4.78 is 1.77. The Bertz CT molecular complexity index is 1750. The summed E-state index contributed by atoms with van der Waals surface area (Å²) in [6, 6.07) is 14.2. The molecule has 11 heteroatoms. The Morgan fingerprint density at radius 2 is 1.74 bits per heavy atom. The number of hydrogen-bond donors (Lipinski definition) is 3. The van der Waals surface area contributed by atoms with Gasteiger partial charge in [-0.2, -0.15) is 9.61 Å². The number of nitrogens with one attached hydrogen (secondary N) is 1. The van der Waals surface area contributed by atoms with Gasteiger partial charge in [0, 0.05) is 53.4 Å². The van der Waals surface area contributed by atoms with Crippen molar-refractivity contribution in [3.8, 4) is 22.4 Å². The number of piperidine rings is 1. The first-order valence-corrected chi connectivity index (χ1v) is 14.8. The van der Waals surface area contributed by atoms with Gasteiger partial charge in [-0.3, -0.25) is 20.0 Å². The van der Waals surface area contributed by atoms with Crippen LogP contribution in [0.2, 0.25) is 0 Å². The van der Waals surface area contributed by atoms with Crippen LogP contribution in [0.3, 0.4) is 0 Å². The SMILES string of the molecule is CC(=O)Nc1c(C2CC2)c(C2CC3CC[C@@H](C2)N3C(=O)C(N)=NC=[NH2+])nc2c(-c3ccc(-c4ccccc4)nc3)cnn12. The van der Waals surface area contributed by atoms with Crippen LogP contribution in [0.25, 0.3) is 28.0 Å². The van der Waals surface area contributed by atoms with Crippen LogP contribution in [-0.2, 0) is 9.59 Å². The van der Waals surface area contributed by atoms with E-state index >= 15 is 0 Å². The number of carbonyl (C=O) groups excluding carboxylic acids is 2. The van der Waals surface area contributed by atoms with E-state index < -0.39 is 0 Å². The average Bonchev–Trinajstić information content (AvgIpc) is 3.71. The second kappa shape index (κ2) is 10.7. The lowest BCUT2D eigenvalue weighted by Gasteiger charge is -2.38. The Kier molecular flexibility index (Phi) is 6.72. The van der Waals surface area contributed by atoms with Gasteiger partial charge in [0.1, 0.15) is 5.82 Å². The normalized spacial score (nSPS) is 21.7. The molecular weight excluding hydrogens is 542 g/mol. The van der Waals surface area contributed by atoms with Gasteiger partial charge in [0.15, 0.2) is 5.65 Å². The highest BCUT2D eigenvalue weighted by molar-refractivity contribution is 6.38. The van der Waals surface area contributed by atoms with E-state index in [4.69, 9.17) is 26.2 Å². The number of aromatic nitrogens is 4. The predicted molar refractivity (Wildman–Crippen MR) is 163 cm³/mol. The molecular formula is C32H34N9O2+. The Hall–Kier alpha value is -4.93. The number of fused-ring (bicyclic) bond motifs is 3. The lowest BCUT2D eigenvalue weighted by Crippen LogP contribution is -2.51. The second-order valence-electron chi connectivity index (χ2n) is 11.7. The summed E-state index contributed by atoms with van der Waals surface area (Å²) in [6.07, 6.45) is 10.1. The number of amides is 2. The largest absolute Gasteiger partial charge is 0.358 e. The van der Waals surface area contributed by atoms with Gasteiger partial charge < -0.3 is 16.0 Å². The summed E-state index contributed by atoms with van der Waals surface area (Å²) >= 11 is 0. The number of hydrogen-bond acceptors (Lipinski definition) is 5. The van der Waals surface area contributed by atoms with Gasteiger partial charge in [-0.25, -0.2) is 4.98 Å². The fourth-order valence-electron chi connectivity index (χ4n) is 6.93. The number of rotatable bonds is 6. The molecule has 3 aliphatic rings. The molecule has 0 spiro atoms. The molecule has 2 amide bonds. The first-order valence-electron chi connectivity index (χ1n) is 14.8. The zero-order valence-corrected chi connectivity index (χ0v) is 24.0. The molecule has 1 aromatic carbocycles. The minimum absolute atomic E-state index is 0.0381. The van der Waals surface area contributed by atoms with E-state index in [1.807, 2.05) is 53.6 Å². The van der Waals surface area contributed by atoms with E-state index in [0.29, 0.717) is 17.4 Å². The van der Waals surface area contributed by atoms with Crippen molar-refractivity contribution >= 4 is 35.5 Å². The molecule has 2 bridgehead atoms. The van der Waals surface area contributed by atoms with Gasteiger partial charge in [0.05, 0.1) is 17.6 Å². The first-order chi connectivity index (χ1) is 20.9. The highest BCUT2D eigenvalue weighted by Crippen LogP contribution is 2.51. The van der Waals surface area contributed by atoms with E-state index in [9.17, 15) is 9.59 Å². The van der Waals surface area contributed by atoms with E-state index in [2.05, 4.69) is 10.3 Å². The molecule has 11 nitrogen and oxygen atoms in total. The second-order valence-corrected chi connectivity index (χ2v) is 11.7. The molecule has 0 radical (unpaired) electrons. The number of carbonyl (C=O) groups is 2. The molecule has 3 atom stereocenters. The highest BCUT2D eigenvalue weighted by atomic mass is 16.2. The molecule has 3 fully saturated rings. The van der Waals surface area contributed by atoms with Gasteiger partial charge in [-0.1, -0.05) is 36.4 Å². The van der Waals surface area contributed by atoms with E-state index in [-0.39, 0.29) is 35.7 Å². The van der Waals surface area contributed by atoms with Gasteiger partial charge in [0.25, 0.3) is 6.34 Å². The molecule has 2 saturated heterocycles. The van der Waals surface area contributed by atoms with Crippen LogP contribution in [0, 0.1) is 0 Å². The number of nitrogens with two attached hydrogens (primary N) is 2. The molecule has 5 heterocycles. The van der Waals surface area contributed by atoms with Crippen LogP contribution in [0.1, 0.15) is 68.5 Å². The summed E-state index contributed by atoms with van der Waals surface area (Å²) in [5.74, 6) is 0.624. The molecule has 1 saturated carbocycles. The van der Waals surface area contributed by atoms with Crippen molar-refractivity contribution in [1.82, 2.24) is 24.5 Å². The standard InChI is InChI=1S/C32H33N9O2/c1-18(42)38-31-27(20-7-8-20)28(22-13-23-10-11-24(14-22)40(23)32(43)29(34)36-17-33)39-30-25(16-37-41(30)31)21-9-12-26(35-15-21)19-5-3-2-4-6-19/h2-6,9,12,15-17,20,22-24H,7-8,10-11,13-14H2,1H3,(H,38,42)(H3,33,34,36)/p+1/t22?,23-,24?/m0/s1. The Balaban J connectivity index is 1.30. The number of nitrogens with zero attached hydrogens (tertiary/aromatic N) is 6. The molecule has 2 aliphatic heterocycles. The topological polar surface area (TPSA) is 156 Å². The van der Waals surface area contributed by atoms with Gasteiger partial charge in [-0.05, 0) is 55.5 Å². The van der Waals surface area contributed by atoms with Crippen molar-refractivity contribution < 1.29 is 15.0 Å². The molecule has 5 N–H and O–H groups in total. The van der Waals surface area contributed by atoms with Crippen LogP contribution in [0.5, 0.6) is 0 Å². The third kappa shape index (κ3) is 4.84. The molecule has 3 aromatic heterocycles. The number of anilines is 1. The van der Waals surface area contributed by atoms with E-state index in [0.717, 1.165) is 78.5 Å². The van der Waals surface area contributed by atoms with Crippen molar-refractivity contribution in [2.24, 2.45) is 10.7 Å². The lowest BCUT2D eigenvalue weighted by atomic mass is 9.85. The Morgan fingerprint density at radius 1 is 1.00 bits per heavy atom. The average molecular weight is 577 g/mol. The van der Waals surface area contributed by atoms with Crippen LogP contribution >= 0.6 is 0 Å². The van der Waals surface area contributed by atoms with Crippen molar-refractivity contribution in [2.45, 2.75) is 69.4 Å². The molecule has 1 aliphatic carbocycles. The summed E-state index contributed by atoms with van der Waals surface area (Å²) in [5, 5.41) is 13.2. The quantitative estimate of drug-likeness (QED) is 0.237. The van der Waals surface area contributed by atoms with Crippen LogP contribution < -0.4 is 16.5 Å². The molecule has 4 aromatic rings. The highest BCUT2D eigenvalue weighted by Gasteiger charge is 2.47. The predicted octanol–water partition coefficient (Wildman–Crippen LogP) is 2.68. The summed E-state index contributed by atoms with van der Waals surface area (Å²) in [7, 11) is 0. The van der Waals surface area contributed by atoms with Crippen LogP contribution in [-0.4, -0.2) is 60.6 Å². The van der Waals surface area contributed by atoms with Gasteiger partial charge in [-0.15, -0.1) is 0 Å². The van der Waals surface area contributed by atoms with Crippen LogP contribution in [0.4, 0.5) is 5.82 Å². The summed E-state index contributed by atoms with van der Waals surface area (Å²) in [5.41, 5.74) is 12.4. The molecule has 2 unspecified atom stereocenters. The first kappa shape index (κ1) is 26.9. The fourth-order valence-corrected chi connectivity index (χ4v) is 6.93.